The Balaban J connectivity index is 2.01. The highest BCUT2D eigenvalue weighted by molar-refractivity contribution is 8.00. The molecule has 1 aromatic rings. The largest absolute Gasteiger partial charge is 0.302 e. The summed E-state index contributed by atoms with van der Waals surface area (Å²) in [5, 5.41) is 17.2. The summed E-state index contributed by atoms with van der Waals surface area (Å²) in [6, 6.07) is 2.44. The van der Waals surface area contributed by atoms with Crippen molar-refractivity contribution in [3.63, 3.8) is 0 Å². The normalized spacial score (nSPS) is 28.9. The van der Waals surface area contributed by atoms with E-state index in [-0.39, 0.29) is 5.54 Å². The first-order chi connectivity index (χ1) is 8.17. The maximum absolute atomic E-state index is 9.29. The molecule has 1 aliphatic carbocycles. The van der Waals surface area contributed by atoms with Crippen molar-refractivity contribution in [1.29, 1.82) is 5.26 Å². The van der Waals surface area contributed by atoms with Crippen LogP contribution >= 0.6 is 11.8 Å². The molecule has 0 radical (unpaired) electrons. The monoisotopic (exact) mass is 250 g/mol. The molecule has 0 spiro atoms. The van der Waals surface area contributed by atoms with Crippen LogP contribution in [0.15, 0.2) is 17.3 Å². The first kappa shape index (κ1) is 12.5. The summed E-state index contributed by atoms with van der Waals surface area (Å²) in [4.78, 5) is 1.20. The molecular formula is C12H18N4S. The third-order valence-corrected chi connectivity index (χ3v) is 4.60. The van der Waals surface area contributed by atoms with E-state index in [0.29, 0.717) is 5.25 Å². The molecule has 0 saturated heterocycles. The molecule has 92 valence electrons. The zero-order valence-electron chi connectivity index (χ0n) is 10.3. The number of nitriles is 1. The number of hydrogen-bond donors (Lipinski definition) is 1. The minimum Gasteiger partial charge on any atom is -0.302 e. The molecule has 1 aliphatic rings. The van der Waals surface area contributed by atoms with E-state index < -0.39 is 0 Å². The summed E-state index contributed by atoms with van der Waals surface area (Å²) in [7, 11) is 3.82. The second-order valence-corrected chi connectivity index (χ2v) is 6.00. The van der Waals surface area contributed by atoms with Crippen LogP contribution in [0.2, 0.25) is 0 Å². The van der Waals surface area contributed by atoms with Gasteiger partial charge in [-0.3, -0.25) is 4.68 Å². The Bertz CT molecular complexity index is 422. The lowest BCUT2D eigenvalue weighted by atomic mass is 9.83. The Kier molecular flexibility index (Phi) is 3.75. The van der Waals surface area contributed by atoms with Crippen LogP contribution in [-0.2, 0) is 7.05 Å². The van der Waals surface area contributed by atoms with Gasteiger partial charge in [-0.25, -0.2) is 0 Å². The van der Waals surface area contributed by atoms with E-state index in [2.05, 4.69) is 16.5 Å². The van der Waals surface area contributed by atoms with Crippen LogP contribution in [0.3, 0.4) is 0 Å². The fourth-order valence-electron chi connectivity index (χ4n) is 2.36. The van der Waals surface area contributed by atoms with Crippen molar-refractivity contribution in [2.45, 2.75) is 41.4 Å². The number of rotatable bonds is 3. The molecule has 17 heavy (non-hydrogen) atoms. The van der Waals surface area contributed by atoms with Gasteiger partial charge in [0.25, 0.3) is 0 Å². The maximum atomic E-state index is 9.29. The van der Waals surface area contributed by atoms with Crippen LogP contribution in [0.1, 0.15) is 25.7 Å². The van der Waals surface area contributed by atoms with E-state index >= 15 is 0 Å². The molecule has 2 unspecified atom stereocenters. The van der Waals surface area contributed by atoms with Crippen LogP contribution < -0.4 is 5.32 Å². The molecule has 0 bridgehead atoms. The summed E-state index contributed by atoms with van der Waals surface area (Å²) in [6.45, 7) is 0. The van der Waals surface area contributed by atoms with E-state index in [1.165, 1.54) is 11.3 Å². The average Bonchev–Trinajstić information content (AvgIpc) is 2.75. The molecule has 2 atom stereocenters. The zero-order valence-corrected chi connectivity index (χ0v) is 11.1. The highest BCUT2D eigenvalue weighted by Crippen LogP contribution is 2.37. The Morgan fingerprint density at radius 1 is 1.71 bits per heavy atom. The van der Waals surface area contributed by atoms with Crippen molar-refractivity contribution in [1.82, 2.24) is 15.1 Å². The SMILES string of the molecule is CNC1(C#N)CCCC(Sc2cnn(C)c2)C1. The summed E-state index contributed by atoms with van der Waals surface area (Å²) in [6.07, 6.45) is 8.11. The van der Waals surface area contributed by atoms with Gasteiger partial charge in [-0.1, -0.05) is 0 Å². The lowest BCUT2D eigenvalue weighted by molar-refractivity contribution is 0.323. The van der Waals surface area contributed by atoms with Crippen molar-refractivity contribution in [3.8, 4) is 6.07 Å². The minimum atomic E-state index is -0.321. The topological polar surface area (TPSA) is 53.6 Å². The van der Waals surface area contributed by atoms with Crippen molar-refractivity contribution in [3.05, 3.63) is 12.4 Å². The Morgan fingerprint density at radius 2 is 2.53 bits per heavy atom. The van der Waals surface area contributed by atoms with Crippen molar-refractivity contribution < 1.29 is 0 Å². The molecule has 1 heterocycles. The summed E-state index contributed by atoms with van der Waals surface area (Å²) < 4.78 is 1.82. The van der Waals surface area contributed by atoms with Gasteiger partial charge in [0.15, 0.2) is 0 Å². The van der Waals surface area contributed by atoms with E-state index in [0.717, 1.165) is 19.3 Å². The van der Waals surface area contributed by atoms with Gasteiger partial charge in [-0.05, 0) is 32.7 Å². The molecular weight excluding hydrogens is 232 g/mol. The molecule has 2 rings (SSSR count). The minimum absolute atomic E-state index is 0.321. The molecule has 1 saturated carbocycles. The first-order valence-electron chi connectivity index (χ1n) is 5.93. The van der Waals surface area contributed by atoms with Crippen LogP contribution in [-0.4, -0.2) is 27.6 Å². The summed E-state index contributed by atoms with van der Waals surface area (Å²) >= 11 is 1.84. The lowest BCUT2D eigenvalue weighted by Gasteiger charge is -2.34. The predicted molar refractivity (Wildman–Crippen MR) is 68.7 cm³/mol. The van der Waals surface area contributed by atoms with Crippen LogP contribution in [0.5, 0.6) is 0 Å². The zero-order chi connectivity index (χ0) is 12.3. The van der Waals surface area contributed by atoms with Gasteiger partial charge in [-0.2, -0.15) is 10.4 Å². The average molecular weight is 250 g/mol. The molecule has 5 heteroatoms. The molecule has 1 fully saturated rings. The van der Waals surface area contributed by atoms with Crippen LogP contribution in [0.4, 0.5) is 0 Å². The number of aryl methyl sites for hydroxylation is 1. The Morgan fingerprint density at radius 3 is 3.12 bits per heavy atom. The van der Waals surface area contributed by atoms with Gasteiger partial charge in [0.1, 0.15) is 5.54 Å². The number of hydrogen-bond acceptors (Lipinski definition) is 4. The van der Waals surface area contributed by atoms with E-state index in [9.17, 15) is 5.26 Å². The summed E-state index contributed by atoms with van der Waals surface area (Å²) in [5.41, 5.74) is -0.321. The van der Waals surface area contributed by atoms with Gasteiger partial charge < -0.3 is 5.32 Å². The predicted octanol–water partition coefficient (Wildman–Crippen LogP) is 1.94. The van der Waals surface area contributed by atoms with E-state index in [1.54, 1.807) is 0 Å². The van der Waals surface area contributed by atoms with Gasteiger partial charge in [0.2, 0.25) is 0 Å². The molecule has 1 N–H and O–H groups in total. The highest BCUT2D eigenvalue weighted by atomic mass is 32.2. The molecule has 1 aromatic heterocycles. The number of thioether (sulfide) groups is 1. The third-order valence-electron chi connectivity index (χ3n) is 3.38. The number of aromatic nitrogens is 2. The molecule has 0 aromatic carbocycles. The lowest BCUT2D eigenvalue weighted by Crippen LogP contribution is -2.46. The van der Waals surface area contributed by atoms with Crippen LogP contribution in [0.25, 0.3) is 0 Å². The molecule has 4 nitrogen and oxygen atoms in total. The fourth-order valence-corrected chi connectivity index (χ4v) is 3.72. The quantitative estimate of drug-likeness (QED) is 0.890. The van der Waals surface area contributed by atoms with E-state index in [1.807, 2.05) is 42.9 Å². The van der Waals surface area contributed by atoms with Crippen molar-refractivity contribution in [2.75, 3.05) is 7.05 Å². The summed E-state index contributed by atoms with van der Waals surface area (Å²) in [5.74, 6) is 0. The number of nitrogens with zero attached hydrogens (tertiary/aromatic N) is 3. The van der Waals surface area contributed by atoms with Gasteiger partial charge in [0, 0.05) is 23.4 Å². The maximum Gasteiger partial charge on any atom is 0.107 e. The van der Waals surface area contributed by atoms with E-state index in [4.69, 9.17) is 0 Å². The Labute approximate surface area is 106 Å². The molecule has 0 amide bonds. The highest BCUT2D eigenvalue weighted by Gasteiger charge is 2.35. The first-order valence-corrected chi connectivity index (χ1v) is 6.81. The smallest absolute Gasteiger partial charge is 0.107 e. The van der Waals surface area contributed by atoms with Crippen molar-refractivity contribution >= 4 is 11.8 Å². The second kappa shape index (κ2) is 5.11. The van der Waals surface area contributed by atoms with Crippen LogP contribution in [0, 0.1) is 11.3 Å². The van der Waals surface area contributed by atoms with Gasteiger partial charge in [-0.15, -0.1) is 11.8 Å². The van der Waals surface area contributed by atoms with Gasteiger partial charge >= 0.3 is 0 Å². The Hall–Kier alpha value is -0.990. The number of nitrogens with one attached hydrogen (secondary N) is 1. The third kappa shape index (κ3) is 2.82. The van der Waals surface area contributed by atoms with Crippen molar-refractivity contribution in [2.24, 2.45) is 7.05 Å². The standard InChI is InChI=1S/C12H18N4S/c1-14-12(9-13)5-3-4-10(6-12)17-11-7-15-16(2)8-11/h7-8,10,14H,3-6H2,1-2H3. The molecule has 0 aliphatic heterocycles. The fraction of sp³-hybridized carbons (Fsp3) is 0.667. The second-order valence-electron chi connectivity index (χ2n) is 4.63. The van der Waals surface area contributed by atoms with Gasteiger partial charge in [0.05, 0.1) is 12.3 Å².